The molecule has 0 aliphatic rings. The zero-order valence-corrected chi connectivity index (χ0v) is 18.3. The van der Waals surface area contributed by atoms with Crippen LogP contribution in [-0.2, 0) is 4.79 Å². The lowest BCUT2D eigenvalue weighted by Crippen LogP contribution is -2.12. The molecule has 0 radical (unpaired) electrons. The SMILES string of the molecule is CCCC(=O)c1cnc2c(OCCCC(N)=O)cccc2c1Nc1c(C)cccc1C. The number of ketones is 1. The highest BCUT2D eigenvalue weighted by atomic mass is 16.5. The molecule has 0 saturated carbocycles. The van der Waals surface area contributed by atoms with E-state index in [0.717, 1.165) is 34.3 Å². The molecular formula is C25H29N3O3. The largest absolute Gasteiger partial charge is 0.491 e. The molecule has 6 heteroatoms. The smallest absolute Gasteiger partial charge is 0.217 e. The lowest BCUT2D eigenvalue weighted by atomic mass is 10.0. The fourth-order valence-corrected chi connectivity index (χ4v) is 3.59. The number of anilines is 2. The van der Waals surface area contributed by atoms with Gasteiger partial charge in [-0.25, -0.2) is 0 Å². The van der Waals surface area contributed by atoms with Crippen LogP contribution in [0.2, 0.25) is 0 Å². The number of hydrogen-bond acceptors (Lipinski definition) is 5. The maximum Gasteiger partial charge on any atom is 0.217 e. The third-order valence-corrected chi connectivity index (χ3v) is 5.19. The Bertz CT molecular complexity index is 1090. The number of carbonyl (C=O) groups is 2. The predicted molar refractivity (Wildman–Crippen MR) is 124 cm³/mol. The zero-order chi connectivity index (χ0) is 22.4. The number of nitrogens with two attached hydrogens (primary N) is 1. The summed E-state index contributed by atoms with van der Waals surface area (Å²) in [6.07, 6.45) is 3.66. The first-order valence-corrected chi connectivity index (χ1v) is 10.6. The highest BCUT2D eigenvalue weighted by Crippen LogP contribution is 2.36. The number of para-hydroxylation sites is 2. The van der Waals surface area contributed by atoms with E-state index in [2.05, 4.69) is 10.3 Å². The van der Waals surface area contributed by atoms with Gasteiger partial charge >= 0.3 is 0 Å². The number of amides is 1. The van der Waals surface area contributed by atoms with Gasteiger partial charge in [-0.15, -0.1) is 0 Å². The van der Waals surface area contributed by atoms with Crippen molar-refractivity contribution in [3.63, 3.8) is 0 Å². The Balaban J connectivity index is 2.07. The zero-order valence-electron chi connectivity index (χ0n) is 18.3. The van der Waals surface area contributed by atoms with Gasteiger partial charge in [0, 0.05) is 30.1 Å². The van der Waals surface area contributed by atoms with Crippen molar-refractivity contribution in [2.24, 2.45) is 5.73 Å². The minimum Gasteiger partial charge on any atom is -0.491 e. The van der Waals surface area contributed by atoms with Crippen molar-refractivity contribution in [2.45, 2.75) is 46.5 Å². The summed E-state index contributed by atoms with van der Waals surface area (Å²) < 4.78 is 5.89. The Hall–Kier alpha value is -3.41. The molecular weight excluding hydrogens is 390 g/mol. The first kappa shape index (κ1) is 22.3. The number of nitrogens with zero attached hydrogens (tertiary/aromatic N) is 1. The number of Topliss-reactive ketones (excluding diaryl/α,β-unsaturated/α-hetero) is 1. The molecule has 1 aromatic heterocycles. The average Bonchev–Trinajstić information content (AvgIpc) is 2.74. The van der Waals surface area contributed by atoms with Gasteiger partial charge in [0.1, 0.15) is 11.3 Å². The van der Waals surface area contributed by atoms with Crippen LogP contribution in [0.5, 0.6) is 5.75 Å². The summed E-state index contributed by atoms with van der Waals surface area (Å²) in [5, 5.41) is 4.34. The van der Waals surface area contributed by atoms with E-state index in [1.165, 1.54) is 0 Å². The van der Waals surface area contributed by atoms with Gasteiger partial charge < -0.3 is 15.8 Å². The molecule has 0 fully saturated rings. The number of rotatable bonds is 10. The quantitative estimate of drug-likeness (QED) is 0.347. The maximum absolute atomic E-state index is 12.9. The number of ether oxygens (including phenoxy) is 1. The van der Waals surface area contributed by atoms with E-state index in [1.54, 1.807) is 6.20 Å². The molecule has 0 aliphatic heterocycles. The Labute approximate surface area is 182 Å². The molecule has 0 saturated heterocycles. The fraction of sp³-hybridized carbons (Fsp3) is 0.320. The van der Waals surface area contributed by atoms with Crippen LogP contribution in [0, 0.1) is 13.8 Å². The van der Waals surface area contributed by atoms with Crippen molar-refractivity contribution in [1.29, 1.82) is 0 Å². The Morgan fingerprint density at radius 1 is 1.03 bits per heavy atom. The summed E-state index contributed by atoms with van der Waals surface area (Å²) in [5.41, 5.74) is 10.4. The van der Waals surface area contributed by atoms with Gasteiger partial charge in [-0.2, -0.15) is 0 Å². The van der Waals surface area contributed by atoms with E-state index >= 15 is 0 Å². The molecule has 0 atom stereocenters. The molecule has 3 aromatic rings. The second-order valence-electron chi connectivity index (χ2n) is 7.68. The van der Waals surface area contributed by atoms with Crippen LogP contribution >= 0.6 is 0 Å². The number of aromatic nitrogens is 1. The average molecular weight is 420 g/mol. The number of nitrogens with one attached hydrogen (secondary N) is 1. The minimum absolute atomic E-state index is 0.0541. The number of hydrogen-bond donors (Lipinski definition) is 2. The second kappa shape index (κ2) is 10.1. The van der Waals surface area contributed by atoms with Crippen LogP contribution in [-0.4, -0.2) is 23.3 Å². The molecule has 6 nitrogen and oxygen atoms in total. The van der Waals surface area contributed by atoms with Gasteiger partial charge in [0.05, 0.1) is 17.9 Å². The summed E-state index contributed by atoms with van der Waals surface area (Å²) in [5.74, 6) is 0.318. The number of benzene rings is 2. The van der Waals surface area contributed by atoms with Gasteiger partial charge in [-0.05, 0) is 43.9 Å². The van der Waals surface area contributed by atoms with Gasteiger partial charge in [0.25, 0.3) is 0 Å². The first-order valence-electron chi connectivity index (χ1n) is 10.6. The van der Waals surface area contributed by atoms with Crippen molar-refractivity contribution < 1.29 is 14.3 Å². The molecule has 3 N–H and O–H groups in total. The molecule has 1 heterocycles. The van der Waals surface area contributed by atoms with Crippen LogP contribution in [0.15, 0.2) is 42.6 Å². The van der Waals surface area contributed by atoms with E-state index in [9.17, 15) is 9.59 Å². The van der Waals surface area contributed by atoms with Crippen LogP contribution in [0.3, 0.4) is 0 Å². The van der Waals surface area contributed by atoms with Crippen molar-refractivity contribution in [3.05, 3.63) is 59.3 Å². The van der Waals surface area contributed by atoms with E-state index < -0.39 is 0 Å². The molecule has 162 valence electrons. The van der Waals surface area contributed by atoms with Crippen molar-refractivity contribution in [1.82, 2.24) is 4.98 Å². The van der Waals surface area contributed by atoms with Gasteiger partial charge in [0.2, 0.25) is 5.91 Å². The second-order valence-corrected chi connectivity index (χ2v) is 7.68. The summed E-state index contributed by atoms with van der Waals surface area (Å²) in [6.45, 7) is 6.43. The predicted octanol–water partition coefficient (Wildman–Crippen LogP) is 5.22. The maximum atomic E-state index is 12.9. The summed E-state index contributed by atoms with van der Waals surface area (Å²) >= 11 is 0. The third kappa shape index (κ3) is 5.20. The topological polar surface area (TPSA) is 94.3 Å². The van der Waals surface area contributed by atoms with Crippen molar-refractivity contribution in [3.8, 4) is 5.75 Å². The normalized spacial score (nSPS) is 10.8. The molecule has 0 aliphatic carbocycles. The number of aryl methyl sites for hydroxylation is 2. The highest BCUT2D eigenvalue weighted by molar-refractivity contribution is 6.10. The Morgan fingerprint density at radius 2 is 1.74 bits per heavy atom. The molecule has 2 aromatic carbocycles. The Kier molecular flexibility index (Phi) is 7.23. The highest BCUT2D eigenvalue weighted by Gasteiger charge is 2.18. The monoisotopic (exact) mass is 419 g/mol. The number of pyridine rings is 1. The number of fused-ring (bicyclic) bond motifs is 1. The summed E-state index contributed by atoms with van der Waals surface area (Å²) in [7, 11) is 0. The van der Waals surface area contributed by atoms with Crippen molar-refractivity contribution in [2.75, 3.05) is 11.9 Å². The van der Waals surface area contributed by atoms with E-state index in [-0.39, 0.29) is 18.1 Å². The van der Waals surface area contributed by atoms with Crippen LogP contribution in [0.4, 0.5) is 11.4 Å². The molecule has 3 rings (SSSR count). The minimum atomic E-state index is -0.348. The fourth-order valence-electron chi connectivity index (χ4n) is 3.59. The van der Waals surface area contributed by atoms with Gasteiger partial charge in [-0.3, -0.25) is 14.6 Å². The van der Waals surface area contributed by atoms with Gasteiger partial charge in [-0.1, -0.05) is 37.3 Å². The lowest BCUT2D eigenvalue weighted by molar-refractivity contribution is -0.118. The molecule has 0 spiro atoms. The number of carbonyl (C=O) groups excluding carboxylic acids is 2. The van der Waals surface area contributed by atoms with E-state index in [4.69, 9.17) is 10.5 Å². The van der Waals surface area contributed by atoms with Gasteiger partial charge in [0.15, 0.2) is 5.78 Å². The summed E-state index contributed by atoms with van der Waals surface area (Å²) in [4.78, 5) is 28.4. The standard InChI is InChI=1S/C25H29N3O3/c1-4-8-20(29)19-15-27-25-18(11-6-12-21(25)31-14-7-13-22(26)30)24(19)28-23-16(2)9-5-10-17(23)3/h5-6,9-12,15H,4,7-8,13-14H2,1-3H3,(H2,26,30)(H,27,28). The van der Waals surface area contributed by atoms with Crippen LogP contribution < -0.4 is 15.8 Å². The molecule has 0 unspecified atom stereocenters. The first-order chi connectivity index (χ1) is 14.9. The van der Waals surface area contributed by atoms with Crippen LogP contribution in [0.25, 0.3) is 10.9 Å². The van der Waals surface area contributed by atoms with Crippen molar-refractivity contribution >= 4 is 34.0 Å². The van der Waals surface area contributed by atoms with E-state index in [1.807, 2.05) is 57.2 Å². The molecule has 0 bridgehead atoms. The Morgan fingerprint density at radius 3 is 2.42 bits per heavy atom. The third-order valence-electron chi connectivity index (χ3n) is 5.19. The lowest BCUT2D eigenvalue weighted by Gasteiger charge is -2.18. The molecule has 1 amide bonds. The molecule has 31 heavy (non-hydrogen) atoms. The number of primary amides is 1. The van der Waals surface area contributed by atoms with Crippen LogP contribution in [0.1, 0.15) is 54.1 Å². The van der Waals surface area contributed by atoms with E-state index in [0.29, 0.717) is 36.3 Å². The summed E-state index contributed by atoms with van der Waals surface area (Å²) in [6, 6.07) is 11.8.